The molecule has 3 aliphatic rings. The van der Waals surface area contributed by atoms with E-state index < -0.39 is 0 Å². The predicted molar refractivity (Wildman–Crippen MR) is 156 cm³/mol. The summed E-state index contributed by atoms with van der Waals surface area (Å²) in [6, 6.07) is 14.8. The first-order chi connectivity index (χ1) is 17.4. The second kappa shape index (κ2) is 9.50. The number of rotatable bonds is 7. The lowest BCUT2D eigenvalue weighted by atomic mass is 9.68. The topological polar surface area (TPSA) is 15.7 Å². The van der Waals surface area contributed by atoms with Crippen LogP contribution in [0.25, 0.3) is 0 Å². The molecule has 3 heteroatoms. The third kappa shape index (κ3) is 5.29. The van der Waals surface area contributed by atoms with Crippen LogP contribution in [-0.4, -0.2) is 50.2 Å². The molecule has 2 aromatic rings. The molecule has 1 atom stereocenters. The van der Waals surface area contributed by atoms with Crippen molar-refractivity contribution in [3.63, 3.8) is 0 Å². The van der Waals surface area contributed by atoms with Crippen LogP contribution in [0.1, 0.15) is 101 Å². The molecule has 202 valence electrons. The average molecular weight is 503 g/mol. The highest BCUT2D eigenvalue weighted by Gasteiger charge is 2.48. The van der Waals surface area contributed by atoms with E-state index >= 15 is 0 Å². The fourth-order valence-electron chi connectivity index (χ4n) is 7.17. The van der Waals surface area contributed by atoms with Gasteiger partial charge in [0.2, 0.25) is 0 Å². The van der Waals surface area contributed by atoms with Gasteiger partial charge in [0.25, 0.3) is 0 Å². The molecule has 0 bridgehead atoms. The summed E-state index contributed by atoms with van der Waals surface area (Å²) < 4.78 is 5.48. The van der Waals surface area contributed by atoms with E-state index in [-0.39, 0.29) is 16.2 Å². The van der Waals surface area contributed by atoms with Crippen molar-refractivity contribution in [2.45, 2.75) is 102 Å². The number of methoxy groups -OCH3 is 1. The largest absolute Gasteiger partial charge is 0.383 e. The fraction of sp³-hybridized carbons (Fsp3) is 0.647. The van der Waals surface area contributed by atoms with Crippen molar-refractivity contribution in [2.24, 2.45) is 0 Å². The Labute approximate surface area is 226 Å². The van der Waals surface area contributed by atoms with Gasteiger partial charge in [0.05, 0.1) is 6.61 Å². The summed E-state index contributed by atoms with van der Waals surface area (Å²) in [5, 5.41) is 0. The van der Waals surface area contributed by atoms with Gasteiger partial charge >= 0.3 is 0 Å². The maximum Gasteiger partial charge on any atom is 0.0589 e. The molecule has 1 aliphatic carbocycles. The van der Waals surface area contributed by atoms with E-state index in [1.54, 1.807) is 16.7 Å². The van der Waals surface area contributed by atoms with Gasteiger partial charge in [0.15, 0.2) is 0 Å². The summed E-state index contributed by atoms with van der Waals surface area (Å²) in [5.74, 6) is 0. The van der Waals surface area contributed by atoms with Crippen LogP contribution in [0.15, 0.2) is 36.4 Å². The summed E-state index contributed by atoms with van der Waals surface area (Å²) in [6.07, 6.45) is 5.09. The summed E-state index contributed by atoms with van der Waals surface area (Å²) in [4.78, 5) is 5.15. The Kier molecular flexibility index (Phi) is 6.91. The second-order valence-corrected chi connectivity index (χ2v) is 14.6. The number of nitrogens with zero attached hydrogens (tertiary/aromatic N) is 2. The molecule has 2 aromatic carbocycles. The Balaban J connectivity index is 1.40. The number of benzene rings is 2. The van der Waals surface area contributed by atoms with Gasteiger partial charge in [-0.15, -0.1) is 0 Å². The van der Waals surface area contributed by atoms with Gasteiger partial charge in [0, 0.05) is 50.7 Å². The van der Waals surface area contributed by atoms with Crippen LogP contribution in [0.4, 0.5) is 0 Å². The van der Waals surface area contributed by atoms with Crippen LogP contribution in [0, 0.1) is 0 Å². The van der Waals surface area contributed by atoms with Crippen molar-refractivity contribution >= 4 is 0 Å². The molecular weight excluding hydrogens is 452 g/mol. The van der Waals surface area contributed by atoms with Gasteiger partial charge in [0.1, 0.15) is 0 Å². The first-order valence-electron chi connectivity index (χ1n) is 14.5. The van der Waals surface area contributed by atoms with Crippen LogP contribution in [0.3, 0.4) is 0 Å². The Morgan fingerprint density at radius 2 is 1.51 bits per heavy atom. The lowest BCUT2D eigenvalue weighted by molar-refractivity contribution is 0.113. The lowest BCUT2D eigenvalue weighted by Gasteiger charge is -2.44. The van der Waals surface area contributed by atoms with Crippen molar-refractivity contribution in [3.05, 3.63) is 69.8 Å². The Hall–Kier alpha value is -1.68. The molecule has 5 rings (SSSR count). The zero-order valence-electron chi connectivity index (χ0n) is 24.8. The Morgan fingerprint density at radius 1 is 0.865 bits per heavy atom. The molecule has 0 N–H and O–H groups in total. The maximum absolute atomic E-state index is 5.48. The lowest BCUT2D eigenvalue weighted by Crippen LogP contribution is -2.45. The summed E-state index contributed by atoms with van der Waals surface area (Å²) >= 11 is 0. The third-order valence-corrected chi connectivity index (χ3v) is 9.83. The molecular formula is C34H50N2O. The molecule has 0 saturated heterocycles. The average Bonchev–Trinajstić information content (AvgIpc) is 3.59. The quantitative estimate of drug-likeness (QED) is 0.408. The normalized spacial score (nSPS) is 23.7. The zero-order valence-corrected chi connectivity index (χ0v) is 24.8. The van der Waals surface area contributed by atoms with Crippen LogP contribution < -0.4 is 0 Å². The molecule has 2 heterocycles. The van der Waals surface area contributed by atoms with E-state index in [4.69, 9.17) is 4.74 Å². The first-order valence-corrected chi connectivity index (χ1v) is 14.5. The molecule has 3 nitrogen and oxygen atoms in total. The van der Waals surface area contributed by atoms with Crippen LogP contribution in [-0.2, 0) is 39.5 Å². The van der Waals surface area contributed by atoms with Gasteiger partial charge in [-0.25, -0.2) is 0 Å². The molecule has 1 unspecified atom stereocenters. The minimum Gasteiger partial charge on any atom is -0.383 e. The minimum absolute atomic E-state index is 0.140. The maximum atomic E-state index is 5.48. The number of likely N-dealkylation sites (N-methyl/N-ethyl adjacent to an activating group) is 1. The number of ether oxygens (including phenoxy) is 1. The second-order valence-electron chi connectivity index (χ2n) is 14.6. The monoisotopic (exact) mass is 502 g/mol. The Bertz CT molecular complexity index is 1140. The van der Waals surface area contributed by atoms with E-state index in [2.05, 4.69) is 94.8 Å². The molecule has 1 spiro atoms. The highest BCUT2D eigenvalue weighted by molar-refractivity contribution is 5.45. The smallest absolute Gasteiger partial charge is 0.0589 e. The summed E-state index contributed by atoms with van der Waals surface area (Å²) in [7, 11) is 4.11. The number of hydrogen-bond donors (Lipinski definition) is 0. The van der Waals surface area contributed by atoms with E-state index in [0.717, 1.165) is 32.8 Å². The standard InChI is InChI=1S/C34H50N2O/c1-31(2,3)27-9-11-29-26(19-27)22-36(17-18-37-8)23-33(29,6)14-13-32(4,5)28-10-12-30-25(20-28)21-35(7)24-34(30)15-16-34/h9-12,19-20H,13-18,21-24H2,1-8H3. The highest BCUT2D eigenvalue weighted by atomic mass is 16.5. The minimum atomic E-state index is 0.140. The molecule has 0 aromatic heterocycles. The van der Waals surface area contributed by atoms with Gasteiger partial charge in [-0.1, -0.05) is 77.9 Å². The SMILES string of the molecule is COCCN1Cc2cc(C(C)(C)C)ccc2C(C)(CCC(C)(C)c2ccc3c(c2)CN(C)CC32CC2)C1. The summed E-state index contributed by atoms with van der Waals surface area (Å²) in [6.45, 7) is 20.7. The Morgan fingerprint density at radius 3 is 2.19 bits per heavy atom. The van der Waals surface area contributed by atoms with E-state index in [1.165, 1.54) is 48.9 Å². The highest BCUT2D eigenvalue weighted by Crippen LogP contribution is 2.52. The number of hydrogen-bond acceptors (Lipinski definition) is 3. The van der Waals surface area contributed by atoms with Gasteiger partial charge in [-0.05, 0) is 76.9 Å². The molecule has 0 amide bonds. The number of fused-ring (bicyclic) bond motifs is 3. The van der Waals surface area contributed by atoms with Gasteiger partial charge < -0.3 is 9.64 Å². The molecule has 37 heavy (non-hydrogen) atoms. The van der Waals surface area contributed by atoms with E-state index in [0.29, 0.717) is 5.41 Å². The zero-order chi connectivity index (χ0) is 26.6. The van der Waals surface area contributed by atoms with Crippen LogP contribution in [0.2, 0.25) is 0 Å². The van der Waals surface area contributed by atoms with Gasteiger partial charge in [-0.2, -0.15) is 0 Å². The van der Waals surface area contributed by atoms with Gasteiger partial charge in [-0.3, -0.25) is 4.90 Å². The van der Waals surface area contributed by atoms with Crippen molar-refractivity contribution in [2.75, 3.05) is 40.4 Å². The van der Waals surface area contributed by atoms with Crippen molar-refractivity contribution < 1.29 is 4.74 Å². The van der Waals surface area contributed by atoms with E-state index in [9.17, 15) is 0 Å². The molecule has 1 saturated carbocycles. The molecule has 0 radical (unpaired) electrons. The van der Waals surface area contributed by atoms with Crippen LogP contribution in [0.5, 0.6) is 0 Å². The van der Waals surface area contributed by atoms with Crippen molar-refractivity contribution in [3.8, 4) is 0 Å². The third-order valence-electron chi connectivity index (χ3n) is 9.83. The van der Waals surface area contributed by atoms with Crippen molar-refractivity contribution in [1.29, 1.82) is 0 Å². The van der Waals surface area contributed by atoms with Crippen molar-refractivity contribution in [1.82, 2.24) is 9.80 Å². The predicted octanol–water partition coefficient (Wildman–Crippen LogP) is 6.94. The fourth-order valence-corrected chi connectivity index (χ4v) is 7.17. The summed E-state index contributed by atoms with van der Waals surface area (Å²) in [5.41, 5.74) is 10.2. The van der Waals surface area contributed by atoms with E-state index in [1.807, 2.05) is 7.11 Å². The first kappa shape index (κ1) is 26.9. The molecule has 2 aliphatic heterocycles. The van der Waals surface area contributed by atoms with Crippen LogP contribution >= 0.6 is 0 Å². The molecule has 1 fully saturated rings.